The fourth-order valence-electron chi connectivity index (χ4n) is 0.814. The van der Waals surface area contributed by atoms with Crippen molar-refractivity contribution >= 4 is 15.6 Å². The van der Waals surface area contributed by atoms with Crippen molar-refractivity contribution in [3.05, 3.63) is 35.9 Å². The Bertz CT molecular complexity index is 372. The molecule has 0 saturated carbocycles. The van der Waals surface area contributed by atoms with Crippen molar-refractivity contribution in [2.24, 2.45) is 0 Å². The molecule has 13 heavy (non-hydrogen) atoms. The molecule has 0 aromatic heterocycles. The summed E-state index contributed by atoms with van der Waals surface area (Å²) in [5, 5.41) is 0. The summed E-state index contributed by atoms with van der Waals surface area (Å²) in [6, 6.07) is 8.97. The topological polar surface area (TPSA) is 63.2 Å². The van der Waals surface area contributed by atoms with Gasteiger partial charge in [0, 0.05) is 6.54 Å². The smallest absolute Gasteiger partial charge is 0.271 e. The quantitative estimate of drug-likeness (QED) is 0.709. The van der Waals surface area contributed by atoms with Gasteiger partial charge < -0.3 is 0 Å². The van der Waals surface area contributed by atoms with Crippen LogP contribution in [0.3, 0.4) is 0 Å². The van der Waals surface area contributed by atoms with Gasteiger partial charge in [-0.05, 0) is 5.56 Å². The van der Waals surface area contributed by atoms with E-state index in [1.807, 2.05) is 6.07 Å². The van der Waals surface area contributed by atoms with Crippen LogP contribution in [-0.4, -0.2) is 14.0 Å². The molecule has 0 fully saturated rings. The Labute approximate surface area is 76.6 Å². The average molecular weight is 199 g/mol. The van der Waals surface area contributed by atoms with E-state index in [0.717, 1.165) is 5.56 Å². The molecule has 0 aliphatic rings. The Hall–Kier alpha value is -1.20. The second-order valence-corrected chi connectivity index (χ2v) is 4.02. The van der Waals surface area contributed by atoms with Crippen LogP contribution >= 0.6 is 0 Å². The van der Waals surface area contributed by atoms with Gasteiger partial charge in [0.15, 0.2) is 0 Å². The zero-order valence-electron chi connectivity index (χ0n) is 6.80. The maximum Gasteiger partial charge on any atom is 0.271 e. The van der Waals surface area contributed by atoms with E-state index in [2.05, 4.69) is 4.72 Å². The fraction of sp³-hybridized carbons (Fsp3) is 0.125. The van der Waals surface area contributed by atoms with E-state index in [4.69, 9.17) is 0 Å². The molecule has 70 valence electrons. The summed E-state index contributed by atoms with van der Waals surface area (Å²) >= 11 is 0. The molecule has 1 rings (SSSR count). The summed E-state index contributed by atoms with van der Waals surface area (Å²) in [6.45, 7) is 0.141. The van der Waals surface area contributed by atoms with Crippen LogP contribution in [0.5, 0.6) is 0 Å². The van der Waals surface area contributed by atoms with Gasteiger partial charge in [-0.2, -0.15) is 0 Å². The van der Waals surface area contributed by atoms with Crippen molar-refractivity contribution in [1.29, 1.82) is 0 Å². The Morgan fingerprint density at radius 2 is 1.85 bits per heavy atom. The number of rotatable bonds is 4. The third kappa shape index (κ3) is 3.35. The molecule has 1 aromatic carbocycles. The third-order valence-electron chi connectivity index (χ3n) is 1.45. The fourth-order valence-corrected chi connectivity index (χ4v) is 1.25. The molecule has 1 N–H and O–H groups in total. The Morgan fingerprint density at radius 3 is 2.38 bits per heavy atom. The van der Waals surface area contributed by atoms with E-state index in [0.29, 0.717) is 0 Å². The van der Waals surface area contributed by atoms with Gasteiger partial charge in [0.05, 0.1) is 0 Å². The number of carbonyl (C=O) groups excluding carboxylic acids is 1. The predicted octanol–water partition coefficient (Wildman–Crippen LogP) is 0.296. The first-order valence-corrected chi connectivity index (χ1v) is 5.17. The highest BCUT2D eigenvalue weighted by atomic mass is 32.2. The minimum absolute atomic E-state index is 0.101. The summed E-state index contributed by atoms with van der Waals surface area (Å²) in [6.07, 6.45) is 0. The minimum Gasteiger partial charge on any atom is -0.284 e. The molecule has 0 radical (unpaired) electrons. The highest BCUT2D eigenvalue weighted by Gasteiger charge is 2.05. The first-order valence-electron chi connectivity index (χ1n) is 3.63. The Morgan fingerprint density at radius 1 is 1.23 bits per heavy atom. The van der Waals surface area contributed by atoms with Gasteiger partial charge in [-0.3, -0.25) is 4.79 Å². The highest BCUT2D eigenvalue weighted by Crippen LogP contribution is 1.97. The van der Waals surface area contributed by atoms with E-state index in [9.17, 15) is 13.2 Å². The molecule has 0 spiro atoms. The van der Waals surface area contributed by atoms with Crippen molar-refractivity contribution in [2.75, 3.05) is 0 Å². The molecule has 0 aliphatic heterocycles. The summed E-state index contributed by atoms with van der Waals surface area (Å²) in [5.41, 5.74) is 0.712. The number of sulfonamides is 1. The molecule has 0 aliphatic carbocycles. The Kier molecular flexibility index (Phi) is 3.16. The van der Waals surface area contributed by atoms with E-state index in [-0.39, 0.29) is 12.2 Å². The van der Waals surface area contributed by atoms with Gasteiger partial charge in [-0.25, -0.2) is 13.1 Å². The summed E-state index contributed by atoms with van der Waals surface area (Å²) in [5.74, 6) is 0. The zero-order chi connectivity index (χ0) is 9.73. The monoisotopic (exact) mass is 199 g/mol. The van der Waals surface area contributed by atoms with Crippen LogP contribution in [0.15, 0.2) is 30.3 Å². The number of hydrogen-bond donors (Lipinski definition) is 1. The van der Waals surface area contributed by atoms with E-state index in [1.165, 1.54) is 0 Å². The van der Waals surface area contributed by atoms with Gasteiger partial charge in [-0.15, -0.1) is 0 Å². The third-order valence-corrected chi connectivity index (χ3v) is 2.25. The molecule has 1 aromatic rings. The summed E-state index contributed by atoms with van der Waals surface area (Å²) in [7, 11) is -3.75. The van der Waals surface area contributed by atoms with Crippen LogP contribution in [0.2, 0.25) is 0 Å². The van der Waals surface area contributed by atoms with Crippen LogP contribution in [0.1, 0.15) is 5.56 Å². The van der Waals surface area contributed by atoms with Crippen LogP contribution in [0.25, 0.3) is 0 Å². The van der Waals surface area contributed by atoms with Gasteiger partial charge in [0.25, 0.3) is 10.0 Å². The van der Waals surface area contributed by atoms with Crippen LogP contribution < -0.4 is 4.72 Å². The molecular formula is C8H9NO3S. The molecule has 5 heteroatoms. The first kappa shape index (κ1) is 9.88. The van der Waals surface area contributed by atoms with Crippen molar-refractivity contribution in [1.82, 2.24) is 4.72 Å². The summed E-state index contributed by atoms with van der Waals surface area (Å²) < 4.78 is 23.5. The van der Waals surface area contributed by atoms with Crippen LogP contribution in [0, 0.1) is 0 Å². The molecule has 4 nitrogen and oxygen atoms in total. The highest BCUT2D eigenvalue weighted by molar-refractivity contribution is 8.02. The lowest BCUT2D eigenvalue weighted by atomic mass is 10.2. The van der Waals surface area contributed by atoms with E-state index >= 15 is 0 Å². The lowest BCUT2D eigenvalue weighted by Gasteiger charge is -2.00. The largest absolute Gasteiger partial charge is 0.284 e. The molecular weight excluding hydrogens is 190 g/mol. The zero-order valence-corrected chi connectivity index (χ0v) is 7.62. The lowest BCUT2D eigenvalue weighted by Crippen LogP contribution is -2.23. The second kappa shape index (κ2) is 4.15. The molecule has 0 atom stereocenters. The normalized spacial score (nSPS) is 11.1. The predicted molar refractivity (Wildman–Crippen MR) is 49.0 cm³/mol. The van der Waals surface area contributed by atoms with Crippen molar-refractivity contribution in [3.8, 4) is 0 Å². The number of hydrogen-bond acceptors (Lipinski definition) is 3. The molecule has 0 amide bonds. The minimum atomic E-state index is -3.75. The summed E-state index contributed by atoms with van der Waals surface area (Å²) in [4.78, 5) is 10.00. The lowest BCUT2D eigenvalue weighted by molar-refractivity contribution is 0.551. The second-order valence-electron chi connectivity index (χ2n) is 2.45. The first-order chi connectivity index (χ1) is 6.14. The van der Waals surface area contributed by atoms with Crippen LogP contribution in [-0.2, 0) is 21.4 Å². The number of carbonyl (C=O) groups is 1. The van der Waals surface area contributed by atoms with Crippen molar-refractivity contribution in [3.63, 3.8) is 0 Å². The van der Waals surface area contributed by atoms with Gasteiger partial charge in [0.1, 0.15) is 0 Å². The maximum absolute atomic E-state index is 10.7. The average Bonchev–Trinajstić information content (AvgIpc) is 2.17. The Balaban J connectivity index is 2.59. The van der Waals surface area contributed by atoms with Crippen molar-refractivity contribution in [2.45, 2.75) is 6.54 Å². The van der Waals surface area contributed by atoms with Crippen LogP contribution in [0.4, 0.5) is 0 Å². The number of benzene rings is 1. The van der Waals surface area contributed by atoms with E-state index in [1.54, 1.807) is 24.3 Å². The van der Waals surface area contributed by atoms with E-state index < -0.39 is 10.0 Å². The molecule has 0 bridgehead atoms. The van der Waals surface area contributed by atoms with Crippen molar-refractivity contribution < 1.29 is 13.2 Å². The standard InChI is InChI=1S/C8H9NO3S/c10-7-13(11,12)9-6-8-4-2-1-3-5-8/h1-5,7,9H,6H2. The molecule has 0 heterocycles. The number of nitrogens with one attached hydrogen (secondary N) is 1. The maximum atomic E-state index is 10.7. The SMILES string of the molecule is O=CS(=O)(=O)NCc1ccccc1. The van der Waals surface area contributed by atoms with Gasteiger partial charge in [0.2, 0.25) is 5.62 Å². The molecule has 0 saturated heterocycles. The molecule has 0 unspecified atom stereocenters. The van der Waals surface area contributed by atoms with Gasteiger partial charge in [-0.1, -0.05) is 30.3 Å². The van der Waals surface area contributed by atoms with Gasteiger partial charge >= 0.3 is 0 Å².